The molecular weight excluding hydrogens is 246 g/mol. The summed E-state index contributed by atoms with van der Waals surface area (Å²) in [7, 11) is -0.704. The highest BCUT2D eigenvalue weighted by atomic mass is 35.5. The van der Waals surface area contributed by atoms with Crippen molar-refractivity contribution < 1.29 is 8.42 Å². The molecule has 1 unspecified atom stereocenters. The van der Waals surface area contributed by atoms with E-state index in [2.05, 4.69) is 4.90 Å². The van der Waals surface area contributed by atoms with Crippen molar-refractivity contribution in [2.24, 2.45) is 0 Å². The van der Waals surface area contributed by atoms with Gasteiger partial charge in [-0.25, -0.2) is 8.42 Å². The van der Waals surface area contributed by atoms with E-state index in [0.29, 0.717) is 11.5 Å². The van der Waals surface area contributed by atoms with E-state index in [1.807, 2.05) is 7.05 Å². The van der Waals surface area contributed by atoms with Crippen molar-refractivity contribution in [3.8, 4) is 0 Å². The molecule has 0 aromatic heterocycles. The maximum atomic E-state index is 11.3. The zero-order valence-corrected chi connectivity index (χ0v) is 11.6. The van der Waals surface area contributed by atoms with Crippen LogP contribution >= 0.6 is 11.6 Å². The molecule has 16 heavy (non-hydrogen) atoms. The number of hydrogen-bond donors (Lipinski definition) is 0. The van der Waals surface area contributed by atoms with Crippen molar-refractivity contribution in [2.45, 2.75) is 38.1 Å². The standard InChI is InChI=1S/C11H22ClNO2S/c1-13(8-5-3-2-4-7-12)11-6-9-16(14,15)10-11/h11H,2-10H2,1H3. The van der Waals surface area contributed by atoms with E-state index in [1.165, 1.54) is 12.8 Å². The lowest BCUT2D eigenvalue weighted by atomic mass is 10.1. The molecule has 0 aromatic rings. The Labute approximate surface area is 104 Å². The lowest BCUT2D eigenvalue weighted by Gasteiger charge is -2.22. The van der Waals surface area contributed by atoms with Gasteiger partial charge >= 0.3 is 0 Å². The summed E-state index contributed by atoms with van der Waals surface area (Å²) in [5, 5.41) is 0. The summed E-state index contributed by atoms with van der Waals surface area (Å²) >= 11 is 5.60. The number of rotatable bonds is 7. The van der Waals surface area contributed by atoms with Crippen LogP contribution in [0.5, 0.6) is 0 Å². The third-order valence-corrected chi connectivity index (χ3v) is 5.24. The van der Waals surface area contributed by atoms with Gasteiger partial charge in [0.25, 0.3) is 0 Å². The van der Waals surface area contributed by atoms with Crippen LogP contribution in [-0.4, -0.2) is 50.3 Å². The van der Waals surface area contributed by atoms with Crippen LogP contribution < -0.4 is 0 Å². The molecule has 1 atom stereocenters. The van der Waals surface area contributed by atoms with E-state index in [0.717, 1.165) is 31.7 Å². The van der Waals surface area contributed by atoms with E-state index < -0.39 is 9.84 Å². The Morgan fingerprint density at radius 2 is 1.94 bits per heavy atom. The van der Waals surface area contributed by atoms with Gasteiger partial charge in [0, 0.05) is 11.9 Å². The van der Waals surface area contributed by atoms with E-state index in [4.69, 9.17) is 11.6 Å². The molecule has 0 spiro atoms. The van der Waals surface area contributed by atoms with Gasteiger partial charge in [0.2, 0.25) is 0 Å². The quantitative estimate of drug-likeness (QED) is 0.522. The van der Waals surface area contributed by atoms with Crippen molar-refractivity contribution in [2.75, 3.05) is 31.0 Å². The monoisotopic (exact) mass is 267 g/mol. The first-order valence-corrected chi connectivity index (χ1v) is 8.37. The first kappa shape index (κ1) is 14.3. The molecular formula is C11H22ClNO2S. The van der Waals surface area contributed by atoms with Crippen LogP contribution in [0.25, 0.3) is 0 Å². The third-order valence-electron chi connectivity index (χ3n) is 3.23. The molecule has 0 radical (unpaired) electrons. The van der Waals surface area contributed by atoms with E-state index in [9.17, 15) is 8.42 Å². The van der Waals surface area contributed by atoms with Gasteiger partial charge in [0.15, 0.2) is 9.84 Å². The van der Waals surface area contributed by atoms with Gasteiger partial charge in [-0.1, -0.05) is 12.8 Å². The fourth-order valence-corrected chi connectivity index (χ4v) is 4.11. The van der Waals surface area contributed by atoms with Gasteiger partial charge in [-0.05, 0) is 32.9 Å². The molecule has 1 aliphatic heterocycles. The molecule has 0 N–H and O–H groups in total. The molecule has 3 nitrogen and oxygen atoms in total. The Balaban J connectivity index is 2.14. The molecule has 1 heterocycles. The highest BCUT2D eigenvalue weighted by Crippen LogP contribution is 2.17. The van der Waals surface area contributed by atoms with Gasteiger partial charge in [0.05, 0.1) is 11.5 Å². The van der Waals surface area contributed by atoms with Crippen molar-refractivity contribution in [3.63, 3.8) is 0 Å². The summed E-state index contributed by atoms with van der Waals surface area (Å²) in [6, 6.07) is 0.248. The summed E-state index contributed by atoms with van der Waals surface area (Å²) in [4.78, 5) is 2.20. The van der Waals surface area contributed by atoms with Crippen LogP contribution in [0.1, 0.15) is 32.1 Å². The molecule has 0 aromatic carbocycles. The van der Waals surface area contributed by atoms with Crippen molar-refractivity contribution in [1.82, 2.24) is 4.90 Å². The van der Waals surface area contributed by atoms with Crippen molar-refractivity contribution in [1.29, 1.82) is 0 Å². The van der Waals surface area contributed by atoms with Gasteiger partial charge < -0.3 is 4.90 Å². The smallest absolute Gasteiger partial charge is 0.151 e. The minimum atomic E-state index is -2.74. The fraction of sp³-hybridized carbons (Fsp3) is 1.00. The maximum Gasteiger partial charge on any atom is 0.151 e. The third kappa shape index (κ3) is 5.02. The topological polar surface area (TPSA) is 37.4 Å². The normalized spacial score (nSPS) is 24.1. The Morgan fingerprint density at radius 1 is 1.25 bits per heavy atom. The van der Waals surface area contributed by atoms with Gasteiger partial charge in [-0.2, -0.15) is 0 Å². The predicted molar refractivity (Wildman–Crippen MR) is 68.9 cm³/mol. The summed E-state index contributed by atoms with van der Waals surface area (Å²) in [6.07, 6.45) is 5.41. The summed E-state index contributed by atoms with van der Waals surface area (Å²) in [6.45, 7) is 1.00. The van der Waals surface area contributed by atoms with Crippen LogP contribution in [0.4, 0.5) is 0 Å². The number of halogens is 1. The number of sulfone groups is 1. The van der Waals surface area contributed by atoms with Crippen LogP contribution in [0.3, 0.4) is 0 Å². The molecule has 1 aliphatic rings. The molecule has 1 saturated heterocycles. The average Bonchev–Trinajstić information content (AvgIpc) is 2.58. The van der Waals surface area contributed by atoms with Crippen molar-refractivity contribution >= 4 is 21.4 Å². The predicted octanol–water partition coefficient (Wildman–Crippen LogP) is 1.90. The fourth-order valence-electron chi connectivity index (χ4n) is 2.11. The van der Waals surface area contributed by atoms with E-state index in [-0.39, 0.29) is 6.04 Å². The van der Waals surface area contributed by atoms with Crippen LogP contribution in [0.15, 0.2) is 0 Å². The van der Waals surface area contributed by atoms with Crippen LogP contribution in [-0.2, 0) is 9.84 Å². The van der Waals surface area contributed by atoms with Gasteiger partial charge in [0.1, 0.15) is 0 Å². The second kappa shape index (κ2) is 6.82. The Hall–Kier alpha value is 0.200. The molecule has 0 amide bonds. The highest BCUT2D eigenvalue weighted by molar-refractivity contribution is 7.91. The number of nitrogens with zero attached hydrogens (tertiary/aromatic N) is 1. The lowest BCUT2D eigenvalue weighted by Crippen LogP contribution is -2.33. The molecule has 1 rings (SSSR count). The van der Waals surface area contributed by atoms with E-state index in [1.54, 1.807) is 0 Å². The second-order valence-corrected chi connectivity index (χ2v) is 7.25. The minimum absolute atomic E-state index is 0.248. The summed E-state index contributed by atoms with van der Waals surface area (Å²) < 4.78 is 22.6. The number of unbranched alkanes of at least 4 members (excludes halogenated alkanes) is 3. The minimum Gasteiger partial charge on any atom is -0.302 e. The second-order valence-electron chi connectivity index (χ2n) is 4.64. The van der Waals surface area contributed by atoms with Crippen LogP contribution in [0.2, 0.25) is 0 Å². The average molecular weight is 268 g/mol. The molecule has 5 heteroatoms. The Kier molecular flexibility index (Phi) is 6.08. The van der Waals surface area contributed by atoms with Gasteiger partial charge in [-0.15, -0.1) is 11.6 Å². The molecule has 0 bridgehead atoms. The van der Waals surface area contributed by atoms with Crippen molar-refractivity contribution in [3.05, 3.63) is 0 Å². The molecule has 1 fully saturated rings. The molecule has 0 aliphatic carbocycles. The first-order valence-electron chi connectivity index (χ1n) is 6.02. The maximum absolute atomic E-state index is 11.3. The number of hydrogen-bond acceptors (Lipinski definition) is 3. The van der Waals surface area contributed by atoms with E-state index >= 15 is 0 Å². The zero-order chi connectivity index (χ0) is 12.0. The Bertz CT molecular complexity index is 292. The molecule has 96 valence electrons. The van der Waals surface area contributed by atoms with Gasteiger partial charge in [-0.3, -0.25) is 0 Å². The summed E-state index contributed by atoms with van der Waals surface area (Å²) in [5.74, 6) is 1.47. The number of alkyl halides is 1. The van der Waals surface area contributed by atoms with Crippen LogP contribution in [0, 0.1) is 0 Å². The largest absolute Gasteiger partial charge is 0.302 e. The summed E-state index contributed by atoms with van der Waals surface area (Å²) in [5.41, 5.74) is 0. The lowest BCUT2D eigenvalue weighted by molar-refractivity contribution is 0.256. The zero-order valence-electron chi connectivity index (χ0n) is 9.99. The SMILES string of the molecule is CN(CCCCCCCl)C1CCS(=O)(=O)C1. The highest BCUT2D eigenvalue weighted by Gasteiger charge is 2.30. The molecule has 0 saturated carbocycles. The first-order chi connectivity index (χ1) is 7.55. The Morgan fingerprint density at radius 3 is 2.50 bits per heavy atom.